The SMILES string of the molecule is [CH2]CCC(CCCCCCCC)CCCCCCCCCC. The van der Waals surface area contributed by atoms with Crippen molar-refractivity contribution in [2.45, 2.75) is 129 Å². The lowest BCUT2D eigenvalue weighted by Gasteiger charge is -2.16. The lowest BCUT2D eigenvalue weighted by molar-refractivity contribution is 0.382. The lowest BCUT2D eigenvalue weighted by atomic mass is 9.90. The van der Waals surface area contributed by atoms with E-state index < -0.39 is 0 Å². The summed E-state index contributed by atoms with van der Waals surface area (Å²) in [5.41, 5.74) is 0. The van der Waals surface area contributed by atoms with Crippen molar-refractivity contribution in [3.8, 4) is 0 Å². The first-order valence-electron chi connectivity index (χ1n) is 10.6. The van der Waals surface area contributed by atoms with Crippen LogP contribution in [-0.2, 0) is 0 Å². The Morgan fingerprint density at radius 1 is 0.500 bits per heavy atom. The second-order valence-corrected chi connectivity index (χ2v) is 7.33. The van der Waals surface area contributed by atoms with Crippen molar-refractivity contribution in [3.63, 3.8) is 0 Å². The molecule has 0 N–H and O–H groups in total. The largest absolute Gasteiger partial charge is 0.0654 e. The van der Waals surface area contributed by atoms with E-state index in [0.717, 1.165) is 12.3 Å². The lowest BCUT2D eigenvalue weighted by Crippen LogP contribution is -2.00. The fraction of sp³-hybridized carbons (Fsp3) is 0.955. The van der Waals surface area contributed by atoms with E-state index in [1.165, 1.54) is 109 Å². The molecule has 0 heterocycles. The topological polar surface area (TPSA) is 0 Å². The maximum absolute atomic E-state index is 4.08. The van der Waals surface area contributed by atoms with Crippen molar-refractivity contribution in [1.82, 2.24) is 0 Å². The standard InChI is InChI=1S/C22H45/c1-4-7-9-11-13-14-16-18-21-22(19-6-3)20-17-15-12-10-8-5-2/h22H,3-21H2,1-2H3. The Kier molecular flexibility index (Phi) is 19.0. The van der Waals surface area contributed by atoms with Crippen molar-refractivity contribution < 1.29 is 0 Å². The molecule has 0 aliphatic heterocycles. The number of hydrogen-bond acceptors (Lipinski definition) is 0. The normalized spacial score (nSPS) is 12.7. The maximum atomic E-state index is 4.08. The molecule has 133 valence electrons. The highest BCUT2D eigenvalue weighted by molar-refractivity contribution is 4.62. The molecule has 0 saturated heterocycles. The van der Waals surface area contributed by atoms with Crippen LogP contribution in [0.4, 0.5) is 0 Å². The minimum Gasteiger partial charge on any atom is -0.0654 e. The summed E-state index contributed by atoms with van der Waals surface area (Å²) in [7, 11) is 0. The Labute approximate surface area is 142 Å². The van der Waals surface area contributed by atoms with Crippen LogP contribution in [0, 0.1) is 12.8 Å². The highest BCUT2D eigenvalue weighted by Gasteiger charge is 2.07. The second-order valence-electron chi connectivity index (χ2n) is 7.33. The molecule has 0 heteroatoms. The summed E-state index contributed by atoms with van der Waals surface area (Å²) in [5.74, 6) is 0.976. The minimum absolute atomic E-state index is 0.976. The van der Waals surface area contributed by atoms with Crippen molar-refractivity contribution in [3.05, 3.63) is 6.92 Å². The van der Waals surface area contributed by atoms with E-state index in [4.69, 9.17) is 0 Å². The minimum atomic E-state index is 0.976. The van der Waals surface area contributed by atoms with Crippen LogP contribution in [0.3, 0.4) is 0 Å². The molecule has 0 aliphatic carbocycles. The molecule has 0 fully saturated rings. The smallest absolute Gasteiger partial charge is 0.0414 e. The fourth-order valence-corrected chi connectivity index (χ4v) is 3.50. The van der Waals surface area contributed by atoms with E-state index in [1.807, 2.05) is 0 Å². The van der Waals surface area contributed by atoms with Crippen LogP contribution >= 0.6 is 0 Å². The summed E-state index contributed by atoms with van der Waals surface area (Å²) >= 11 is 0. The van der Waals surface area contributed by atoms with E-state index in [1.54, 1.807) is 0 Å². The van der Waals surface area contributed by atoms with Crippen molar-refractivity contribution in [2.75, 3.05) is 0 Å². The molecular formula is C22H45. The maximum Gasteiger partial charge on any atom is -0.0414 e. The molecule has 0 amide bonds. The van der Waals surface area contributed by atoms with Gasteiger partial charge in [-0.25, -0.2) is 0 Å². The molecule has 0 aromatic rings. The van der Waals surface area contributed by atoms with Gasteiger partial charge < -0.3 is 0 Å². The third-order valence-electron chi connectivity index (χ3n) is 5.04. The van der Waals surface area contributed by atoms with Crippen LogP contribution in [0.2, 0.25) is 0 Å². The van der Waals surface area contributed by atoms with Gasteiger partial charge in [-0.15, -0.1) is 0 Å². The third-order valence-corrected chi connectivity index (χ3v) is 5.04. The van der Waals surface area contributed by atoms with Gasteiger partial charge in [-0.05, 0) is 5.92 Å². The van der Waals surface area contributed by atoms with Crippen LogP contribution < -0.4 is 0 Å². The summed E-state index contributed by atoms with van der Waals surface area (Å²) in [6, 6.07) is 0. The number of rotatable bonds is 18. The molecule has 0 saturated carbocycles. The van der Waals surface area contributed by atoms with Gasteiger partial charge >= 0.3 is 0 Å². The van der Waals surface area contributed by atoms with Crippen LogP contribution in [-0.4, -0.2) is 0 Å². The monoisotopic (exact) mass is 309 g/mol. The number of hydrogen-bond donors (Lipinski definition) is 0. The number of unbranched alkanes of at least 4 members (excludes halogenated alkanes) is 12. The molecule has 0 spiro atoms. The van der Waals surface area contributed by atoms with E-state index >= 15 is 0 Å². The molecule has 0 rings (SSSR count). The average molecular weight is 310 g/mol. The highest BCUT2D eigenvalue weighted by Crippen LogP contribution is 2.23. The molecule has 1 atom stereocenters. The Balaban J connectivity index is 3.43. The van der Waals surface area contributed by atoms with Crippen LogP contribution in [0.1, 0.15) is 129 Å². The molecule has 0 aromatic carbocycles. The molecule has 22 heavy (non-hydrogen) atoms. The zero-order chi connectivity index (χ0) is 16.3. The summed E-state index contributed by atoms with van der Waals surface area (Å²) in [4.78, 5) is 0. The van der Waals surface area contributed by atoms with E-state index in [2.05, 4.69) is 20.8 Å². The first kappa shape index (κ1) is 22.0. The van der Waals surface area contributed by atoms with Crippen LogP contribution in [0.5, 0.6) is 0 Å². The van der Waals surface area contributed by atoms with E-state index in [0.29, 0.717) is 0 Å². The highest BCUT2D eigenvalue weighted by atomic mass is 14.1. The molecule has 0 aliphatic rings. The summed E-state index contributed by atoms with van der Waals surface area (Å²) in [5, 5.41) is 0. The van der Waals surface area contributed by atoms with Gasteiger partial charge in [-0.2, -0.15) is 0 Å². The van der Waals surface area contributed by atoms with E-state index in [-0.39, 0.29) is 0 Å². The zero-order valence-corrected chi connectivity index (χ0v) is 16.0. The average Bonchev–Trinajstić information content (AvgIpc) is 2.53. The van der Waals surface area contributed by atoms with Gasteiger partial charge in [-0.1, -0.05) is 136 Å². The van der Waals surface area contributed by atoms with Crippen LogP contribution in [0.15, 0.2) is 0 Å². The van der Waals surface area contributed by atoms with Gasteiger partial charge in [-0.3, -0.25) is 0 Å². The third kappa shape index (κ3) is 16.4. The predicted octanol–water partition coefficient (Wildman–Crippen LogP) is 8.50. The molecule has 1 unspecified atom stereocenters. The Bertz CT molecular complexity index is 184. The molecule has 0 bridgehead atoms. The van der Waals surface area contributed by atoms with Gasteiger partial charge in [0, 0.05) is 0 Å². The predicted molar refractivity (Wildman–Crippen MR) is 103 cm³/mol. The first-order valence-corrected chi connectivity index (χ1v) is 10.6. The van der Waals surface area contributed by atoms with E-state index in [9.17, 15) is 0 Å². The quantitative estimate of drug-likeness (QED) is 0.223. The van der Waals surface area contributed by atoms with Gasteiger partial charge in [0.1, 0.15) is 0 Å². The first-order chi connectivity index (χ1) is 10.8. The molecule has 0 nitrogen and oxygen atoms in total. The Hall–Kier alpha value is 0. The van der Waals surface area contributed by atoms with Gasteiger partial charge in [0.2, 0.25) is 0 Å². The van der Waals surface area contributed by atoms with Gasteiger partial charge in [0.15, 0.2) is 0 Å². The fourth-order valence-electron chi connectivity index (χ4n) is 3.50. The molecule has 0 aromatic heterocycles. The van der Waals surface area contributed by atoms with Crippen LogP contribution in [0.25, 0.3) is 0 Å². The van der Waals surface area contributed by atoms with Crippen molar-refractivity contribution in [2.24, 2.45) is 5.92 Å². The molecule has 1 radical (unpaired) electrons. The van der Waals surface area contributed by atoms with Gasteiger partial charge in [0.05, 0.1) is 0 Å². The van der Waals surface area contributed by atoms with Crippen molar-refractivity contribution >= 4 is 0 Å². The molecular weight excluding hydrogens is 264 g/mol. The second kappa shape index (κ2) is 19.0. The van der Waals surface area contributed by atoms with Gasteiger partial charge in [0.25, 0.3) is 0 Å². The summed E-state index contributed by atoms with van der Waals surface area (Å²) in [6.45, 7) is 8.68. The zero-order valence-electron chi connectivity index (χ0n) is 16.0. The summed E-state index contributed by atoms with van der Waals surface area (Å²) in [6.07, 6.45) is 25.7. The Morgan fingerprint density at radius 2 is 0.864 bits per heavy atom. The Morgan fingerprint density at radius 3 is 1.23 bits per heavy atom. The summed E-state index contributed by atoms with van der Waals surface area (Å²) < 4.78 is 0. The van der Waals surface area contributed by atoms with Crippen molar-refractivity contribution in [1.29, 1.82) is 0 Å².